The van der Waals surface area contributed by atoms with Crippen LogP contribution < -0.4 is 5.32 Å². The molecule has 2 aromatic heterocycles. The molecule has 1 aromatic carbocycles. The molecule has 30 heavy (non-hydrogen) atoms. The minimum atomic E-state index is -3.49. The molecule has 0 aliphatic rings. The van der Waals surface area contributed by atoms with E-state index in [4.69, 9.17) is 0 Å². The second kappa shape index (κ2) is 9.58. The fourth-order valence-corrected chi connectivity index (χ4v) is 4.22. The van der Waals surface area contributed by atoms with Crippen LogP contribution in [-0.4, -0.2) is 41.6 Å². The van der Waals surface area contributed by atoms with E-state index < -0.39 is 9.84 Å². The number of nitrogens with one attached hydrogen (secondary N) is 1. The van der Waals surface area contributed by atoms with Gasteiger partial charge in [0.15, 0.2) is 9.84 Å². The van der Waals surface area contributed by atoms with E-state index >= 15 is 0 Å². The Morgan fingerprint density at radius 3 is 2.43 bits per heavy atom. The zero-order chi connectivity index (χ0) is 21.6. The summed E-state index contributed by atoms with van der Waals surface area (Å²) in [4.78, 5) is 25.2. The number of hydrogen-bond donors (Lipinski definition) is 1. The Bertz CT molecular complexity index is 1110. The molecule has 0 bridgehead atoms. The zero-order valence-electron chi connectivity index (χ0n) is 17.0. The third kappa shape index (κ3) is 5.70. The molecule has 3 aromatic rings. The topological polar surface area (TPSA) is 102 Å². The molecule has 1 N–H and O–H groups in total. The van der Waals surface area contributed by atoms with Gasteiger partial charge in [-0.05, 0) is 43.7 Å². The fourth-order valence-electron chi connectivity index (χ4n) is 2.98. The van der Waals surface area contributed by atoms with Crippen LogP contribution in [-0.2, 0) is 21.1 Å². The van der Waals surface area contributed by atoms with Gasteiger partial charge in [-0.2, -0.15) is 0 Å². The largest absolute Gasteiger partial charge is 0.356 e. The quantitative estimate of drug-likeness (QED) is 0.596. The van der Waals surface area contributed by atoms with Crippen molar-refractivity contribution in [3.05, 3.63) is 72.1 Å². The van der Waals surface area contributed by atoms with Crippen LogP contribution >= 0.6 is 0 Å². The first-order chi connectivity index (χ1) is 14.3. The van der Waals surface area contributed by atoms with Crippen molar-refractivity contribution in [2.45, 2.75) is 31.6 Å². The molecule has 0 saturated carbocycles. The standard InChI is InChI=1S/C22H24N4O3S/c1-16-3-5-19(6-4-16)30(28,29)14-10-22(27)24-13-9-21-20(15-25-17(2)26-21)18-7-11-23-12-8-18/h3-8,11-12,15H,9-10,13-14H2,1-2H3,(H,24,27). The van der Waals surface area contributed by atoms with Gasteiger partial charge in [0, 0.05) is 43.5 Å². The van der Waals surface area contributed by atoms with Crippen molar-refractivity contribution in [1.29, 1.82) is 0 Å². The first kappa shape index (κ1) is 21.6. The highest BCUT2D eigenvalue weighted by atomic mass is 32.2. The van der Waals surface area contributed by atoms with Gasteiger partial charge in [0.2, 0.25) is 5.91 Å². The predicted octanol–water partition coefficient (Wildman–Crippen LogP) is 2.68. The van der Waals surface area contributed by atoms with Crippen molar-refractivity contribution in [1.82, 2.24) is 20.3 Å². The third-order valence-corrected chi connectivity index (χ3v) is 6.37. The van der Waals surface area contributed by atoms with Crippen molar-refractivity contribution in [3.63, 3.8) is 0 Å². The first-order valence-electron chi connectivity index (χ1n) is 9.64. The minimum Gasteiger partial charge on any atom is -0.356 e. The van der Waals surface area contributed by atoms with Crippen molar-refractivity contribution in [3.8, 4) is 11.1 Å². The number of aryl methyl sites for hydroxylation is 2. The van der Waals surface area contributed by atoms with E-state index in [1.807, 2.05) is 26.0 Å². The Hall–Kier alpha value is -3.13. The van der Waals surface area contributed by atoms with Crippen LogP contribution in [0.1, 0.15) is 23.5 Å². The van der Waals surface area contributed by atoms with E-state index in [1.54, 1.807) is 42.9 Å². The molecule has 0 spiro atoms. The summed E-state index contributed by atoms with van der Waals surface area (Å²) in [6.07, 6.45) is 5.60. The molecule has 3 rings (SSSR count). The fraction of sp³-hybridized carbons (Fsp3) is 0.273. The van der Waals surface area contributed by atoms with Gasteiger partial charge in [-0.15, -0.1) is 0 Å². The highest BCUT2D eigenvalue weighted by Gasteiger charge is 2.16. The van der Waals surface area contributed by atoms with Crippen LogP contribution in [0, 0.1) is 13.8 Å². The monoisotopic (exact) mass is 424 g/mol. The van der Waals surface area contributed by atoms with E-state index in [0.29, 0.717) is 18.8 Å². The number of rotatable bonds is 8. The zero-order valence-corrected chi connectivity index (χ0v) is 17.8. The van der Waals surface area contributed by atoms with Gasteiger partial charge >= 0.3 is 0 Å². The number of aromatic nitrogens is 3. The van der Waals surface area contributed by atoms with Gasteiger partial charge in [-0.1, -0.05) is 17.7 Å². The Kier molecular flexibility index (Phi) is 6.89. The SMILES string of the molecule is Cc1ccc(S(=O)(=O)CCC(=O)NCCc2nc(C)ncc2-c2ccncc2)cc1. The van der Waals surface area contributed by atoms with Gasteiger partial charge in [0.05, 0.1) is 16.3 Å². The van der Waals surface area contributed by atoms with Gasteiger partial charge in [0.1, 0.15) is 5.82 Å². The molecule has 156 valence electrons. The molecular formula is C22H24N4O3S. The Labute approximate surface area is 176 Å². The molecule has 0 saturated heterocycles. The molecule has 0 aliphatic heterocycles. The number of hydrogen-bond acceptors (Lipinski definition) is 6. The molecule has 0 unspecified atom stereocenters. The van der Waals surface area contributed by atoms with Gasteiger partial charge < -0.3 is 5.32 Å². The predicted molar refractivity (Wildman–Crippen MR) is 115 cm³/mol. The average Bonchev–Trinajstić information content (AvgIpc) is 2.73. The summed E-state index contributed by atoms with van der Waals surface area (Å²) in [5, 5.41) is 2.79. The number of nitrogens with zero attached hydrogens (tertiary/aromatic N) is 3. The van der Waals surface area contributed by atoms with Crippen LogP contribution in [0.15, 0.2) is 59.9 Å². The maximum Gasteiger partial charge on any atom is 0.221 e. The van der Waals surface area contributed by atoms with Gasteiger partial charge in [-0.3, -0.25) is 9.78 Å². The third-order valence-electron chi connectivity index (χ3n) is 4.64. The van der Waals surface area contributed by atoms with Gasteiger partial charge in [0.25, 0.3) is 0 Å². The molecule has 8 heteroatoms. The summed E-state index contributed by atoms with van der Waals surface area (Å²) in [6.45, 7) is 4.06. The highest BCUT2D eigenvalue weighted by Crippen LogP contribution is 2.21. The second-order valence-electron chi connectivity index (χ2n) is 7.00. The summed E-state index contributed by atoms with van der Waals surface area (Å²) in [5.41, 5.74) is 3.65. The summed E-state index contributed by atoms with van der Waals surface area (Å²) in [5.74, 6) is 0.122. The Morgan fingerprint density at radius 2 is 1.73 bits per heavy atom. The summed E-state index contributed by atoms with van der Waals surface area (Å²) in [6, 6.07) is 10.4. The van der Waals surface area contributed by atoms with Crippen molar-refractivity contribution in [2.24, 2.45) is 0 Å². The molecule has 0 fully saturated rings. The van der Waals surface area contributed by atoms with Crippen molar-refractivity contribution >= 4 is 15.7 Å². The maximum absolute atomic E-state index is 12.4. The van der Waals surface area contributed by atoms with E-state index in [9.17, 15) is 13.2 Å². The van der Waals surface area contributed by atoms with Crippen molar-refractivity contribution < 1.29 is 13.2 Å². The molecular weight excluding hydrogens is 400 g/mol. The number of carbonyl (C=O) groups is 1. The van der Waals surface area contributed by atoms with Crippen LogP contribution in [0.5, 0.6) is 0 Å². The highest BCUT2D eigenvalue weighted by molar-refractivity contribution is 7.91. The normalized spacial score (nSPS) is 11.3. The van der Waals surface area contributed by atoms with Crippen LogP contribution in [0.4, 0.5) is 0 Å². The number of sulfone groups is 1. The molecule has 0 aliphatic carbocycles. The van der Waals surface area contributed by atoms with Crippen LogP contribution in [0.25, 0.3) is 11.1 Å². The molecule has 0 atom stereocenters. The molecule has 0 radical (unpaired) electrons. The van der Waals surface area contributed by atoms with Gasteiger partial charge in [-0.25, -0.2) is 18.4 Å². The Balaban J connectivity index is 1.56. The second-order valence-corrected chi connectivity index (χ2v) is 9.10. The van der Waals surface area contributed by atoms with E-state index in [0.717, 1.165) is 22.4 Å². The average molecular weight is 425 g/mol. The van der Waals surface area contributed by atoms with E-state index in [-0.39, 0.29) is 23.0 Å². The number of amides is 1. The lowest BCUT2D eigenvalue weighted by Crippen LogP contribution is -2.28. The smallest absolute Gasteiger partial charge is 0.221 e. The summed E-state index contributed by atoms with van der Waals surface area (Å²) in [7, 11) is -3.49. The minimum absolute atomic E-state index is 0.0871. The molecule has 7 nitrogen and oxygen atoms in total. The lowest BCUT2D eigenvalue weighted by Gasteiger charge is -2.10. The van der Waals surface area contributed by atoms with Crippen molar-refractivity contribution in [2.75, 3.05) is 12.3 Å². The maximum atomic E-state index is 12.4. The summed E-state index contributed by atoms with van der Waals surface area (Å²) >= 11 is 0. The Morgan fingerprint density at radius 1 is 1.03 bits per heavy atom. The number of benzene rings is 1. The lowest BCUT2D eigenvalue weighted by atomic mass is 10.1. The molecule has 2 heterocycles. The van der Waals surface area contributed by atoms with Crippen LogP contribution in [0.3, 0.4) is 0 Å². The number of carbonyl (C=O) groups excluding carboxylic acids is 1. The van der Waals surface area contributed by atoms with E-state index in [2.05, 4.69) is 20.3 Å². The first-order valence-corrected chi connectivity index (χ1v) is 11.3. The van der Waals surface area contributed by atoms with E-state index in [1.165, 1.54) is 0 Å². The molecule has 1 amide bonds. The lowest BCUT2D eigenvalue weighted by molar-refractivity contribution is -0.120. The van der Waals surface area contributed by atoms with Crippen LogP contribution in [0.2, 0.25) is 0 Å². The number of pyridine rings is 1. The summed E-state index contributed by atoms with van der Waals surface area (Å²) < 4.78 is 24.8.